The van der Waals surface area contributed by atoms with Gasteiger partial charge < -0.3 is 18.1 Å². The molecule has 9 heteroatoms. The summed E-state index contributed by atoms with van der Waals surface area (Å²) in [5.41, 5.74) is 0.414. The summed E-state index contributed by atoms with van der Waals surface area (Å²) in [4.78, 5) is 12.7. The Morgan fingerprint density at radius 3 is 1.54 bits per heavy atom. The molecular formula is C17H28O7P2. The molecule has 1 aromatic rings. The highest BCUT2D eigenvalue weighted by Gasteiger charge is 2.51. The molecule has 1 aromatic carbocycles. The third-order valence-electron chi connectivity index (χ3n) is 3.43. The topological polar surface area (TPSA) is 88.1 Å². The molecule has 0 amide bonds. The number of hydrogen-bond donors (Lipinski definition) is 0. The molecule has 0 bridgehead atoms. The summed E-state index contributed by atoms with van der Waals surface area (Å²) in [5, 5.41) is -1.33. The molecule has 0 heterocycles. The van der Waals surface area contributed by atoms with E-state index in [0.29, 0.717) is 5.56 Å². The van der Waals surface area contributed by atoms with Crippen LogP contribution in [0.5, 0.6) is 0 Å². The van der Waals surface area contributed by atoms with Gasteiger partial charge in [0.05, 0.1) is 26.4 Å². The second-order valence-corrected chi connectivity index (χ2v) is 10.1. The summed E-state index contributed by atoms with van der Waals surface area (Å²) in [6, 6.07) is 8.50. The molecule has 0 aliphatic heterocycles. The van der Waals surface area contributed by atoms with Crippen molar-refractivity contribution >= 4 is 21.0 Å². The minimum absolute atomic E-state index is 0.0750. The van der Waals surface area contributed by atoms with Crippen LogP contribution in [0.4, 0.5) is 0 Å². The minimum atomic E-state index is -3.92. The van der Waals surface area contributed by atoms with Crippen LogP contribution in [0, 0.1) is 0 Å². The van der Waals surface area contributed by atoms with E-state index in [-0.39, 0.29) is 38.6 Å². The monoisotopic (exact) mass is 406 g/mol. The maximum atomic E-state index is 13.3. The van der Waals surface area contributed by atoms with E-state index in [4.69, 9.17) is 18.1 Å². The van der Waals surface area contributed by atoms with Crippen LogP contribution >= 0.6 is 15.2 Å². The fourth-order valence-corrected chi connectivity index (χ4v) is 7.68. The van der Waals surface area contributed by atoms with E-state index in [1.54, 1.807) is 58.0 Å². The van der Waals surface area contributed by atoms with E-state index in [0.717, 1.165) is 0 Å². The van der Waals surface area contributed by atoms with E-state index in [1.807, 2.05) is 0 Å². The SMILES string of the molecule is CCOP(=O)(OCC)C(CC(=O)c1ccccc1)P(=O)(OCC)OCC. The molecule has 0 saturated carbocycles. The van der Waals surface area contributed by atoms with Crippen molar-refractivity contribution in [2.45, 2.75) is 39.5 Å². The smallest absolute Gasteiger partial charge is 0.308 e. The van der Waals surface area contributed by atoms with E-state index in [9.17, 15) is 13.9 Å². The lowest BCUT2D eigenvalue weighted by molar-refractivity contribution is 0.0973. The largest absolute Gasteiger partial charge is 0.346 e. The molecular weight excluding hydrogens is 378 g/mol. The summed E-state index contributed by atoms with van der Waals surface area (Å²) in [7, 11) is -7.84. The van der Waals surface area contributed by atoms with Crippen molar-refractivity contribution in [3.05, 3.63) is 35.9 Å². The van der Waals surface area contributed by atoms with Gasteiger partial charge in [-0.2, -0.15) is 0 Å². The van der Waals surface area contributed by atoms with Crippen LogP contribution in [0.1, 0.15) is 44.5 Å². The molecule has 0 N–H and O–H groups in total. The Morgan fingerprint density at radius 2 is 1.19 bits per heavy atom. The zero-order valence-electron chi connectivity index (χ0n) is 15.8. The number of hydrogen-bond acceptors (Lipinski definition) is 7. The van der Waals surface area contributed by atoms with Crippen LogP contribution in [0.25, 0.3) is 0 Å². The van der Waals surface area contributed by atoms with Gasteiger partial charge in [-0.25, -0.2) is 0 Å². The Kier molecular flexibility index (Phi) is 9.94. The molecule has 148 valence electrons. The molecule has 26 heavy (non-hydrogen) atoms. The Labute approximate surface area is 155 Å². The lowest BCUT2D eigenvalue weighted by Crippen LogP contribution is -2.21. The zero-order valence-corrected chi connectivity index (χ0v) is 17.5. The first-order valence-corrected chi connectivity index (χ1v) is 11.9. The van der Waals surface area contributed by atoms with Crippen molar-refractivity contribution < 1.29 is 32.0 Å². The van der Waals surface area contributed by atoms with Gasteiger partial charge in [0.1, 0.15) is 0 Å². The van der Waals surface area contributed by atoms with Crippen molar-refractivity contribution in [2.24, 2.45) is 0 Å². The van der Waals surface area contributed by atoms with Gasteiger partial charge in [0.15, 0.2) is 11.2 Å². The van der Waals surface area contributed by atoms with E-state index in [2.05, 4.69) is 0 Å². The molecule has 0 radical (unpaired) electrons. The molecule has 0 fully saturated rings. The van der Waals surface area contributed by atoms with Crippen LogP contribution in [0.2, 0.25) is 0 Å². The molecule has 0 unspecified atom stereocenters. The highest BCUT2D eigenvalue weighted by Crippen LogP contribution is 2.71. The Bertz CT molecular complexity index is 598. The molecule has 0 aliphatic rings. The molecule has 1 rings (SSSR count). The molecule has 0 spiro atoms. The average molecular weight is 406 g/mol. The average Bonchev–Trinajstić information content (AvgIpc) is 2.61. The van der Waals surface area contributed by atoms with Crippen LogP contribution in [-0.4, -0.2) is 37.6 Å². The summed E-state index contributed by atoms with van der Waals surface area (Å²) in [5.74, 6) is -0.338. The normalized spacial score (nSPS) is 12.5. The molecule has 0 atom stereocenters. The van der Waals surface area contributed by atoms with Crippen molar-refractivity contribution in [3.63, 3.8) is 0 Å². The van der Waals surface area contributed by atoms with Gasteiger partial charge in [-0.15, -0.1) is 0 Å². The quantitative estimate of drug-likeness (QED) is 0.332. The Hall–Kier alpha value is -0.810. The first-order chi connectivity index (χ1) is 12.4. The second kappa shape index (κ2) is 11.1. The molecule has 7 nitrogen and oxygen atoms in total. The van der Waals surface area contributed by atoms with Crippen LogP contribution < -0.4 is 0 Å². The summed E-state index contributed by atoms with van der Waals surface area (Å²) in [6.07, 6.45) is -0.335. The van der Waals surface area contributed by atoms with Crippen molar-refractivity contribution in [2.75, 3.05) is 26.4 Å². The summed E-state index contributed by atoms with van der Waals surface area (Å²) in [6.45, 7) is 6.89. The van der Waals surface area contributed by atoms with Gasteiger partial charge >= 0.3 is 15.2 Å². The van der Waals surface area contributed by atoms with Gasteiger partial charge in [0, 0.05) is 12.0 Å². The number of rotatable bonds is 13. The number of carbonyl (C=O) groups is 1. The third-order valence-corrected chi connectivity index (χ3v) is 9.42. The highest BCUT2D eigenvalue weighted by molar-refractivity contribution is 7.72. The fourth-order valence-electron chi connectivity index (χ4n) is 2.44. The Balaban J connectivity index is 3.33. The standard InChI is InChI=1S/C17H28O7P2/c1-5-21-25(19,22-6-2)17(26(20,23-7-3)24-8-4)14-16(18)15-12-10-9-11-13-15/h9-13,17H,5-8,14H2,1-4H3. The van der Waals surface area contributed by atoms with Crippen LogP contribution in [0.15, 0.2) is 30.3 Å². The van der Waals surface area contributed by atoms with Crippen molar-refractivity contribution in [3.8, 4) is 0 Å². The lowest BCUT2D eigenvalue weighted by atomic mass is 10.1. The van der Waals surface area contributed by atoms with Gasteiger partial charge in [0.2, 0.25) is 0 Å². The highest BCUT2D eigenvalue weighted by atomic mass is 31.2. The lowest BCUT2D eigenvalue weighted by Gasteiger charge is -2.31. The number of Topliss-reactive ketones (excluding diaryl/α,β-unsaturated/α-hetero) is 1. The third kappa shape index (κ3) is 6.12. The van der Waals surface area contributed by atoms with Gasteiger partial charge in [-0.3, -0.25) is 13.9 Å². The van der Waals surface area contributed by atoms with E-state index >= 15 is 0 Å². The van der Waals surface area contributed by atoms with E-state index < -0.39 is 20.6 Å². The van der Waals surface area contributed by atoms with Gasteiger partial charge in [-0.05, 0) is 27.7 Å². The first kappa shape index (κ1) is 23.2. The van der Waals surface area contributed by atoms with E-state index in [1.165, 1.54) is 0 Å². The van der Waals surface area contributed by atoms with Crippen LogP contribution in [0.3, 0.4) is 0 Å². The number of benzene rings is 1. The molecule has 0 aliphatic carbocycles. The molecule has 0 aromatic heterocycles. The maximum absolute atomic E-state index is 13.3. The Morgan fingerprint density at radius 1 is 0.808 bits per heavy atom. The van der Waals surface area contributed by atoms with Gasteiger partial charge in [0.25, 0.3) is 0 Å². The van der Waals surface area contributed by atoms with Crippen LogP contribution in [-0.2, 0) is 27.2 Å². The maximum Gasteiger partial charge on any atom is 0.346 e. The summed E-state index contributed by atoms with van der Waals surface area (Å²) >= 11 is 0. The molecule has 0 saturated heterocycles. The first-order valence-electron chi connectivity index (χ1n) is 8.72. The predicted molar refractivity (Wildman–Crippen MR) is 101 cm³/mol. The number of carbonyl (C=O) groups excluding carboxylic acids is 1. The summed E-state index contributed by atoms with van der Waals surface area (Å²) < 4.78 is 48.1. The zero-order chi connectivity index (χ0) is 19.6. The second-order valence-electron chi connectivity index (χ2n) is 5.22. The predicted octanol–water partition coefficient (Wildman–Crippen LogP) is 5.12. The van der Waals surface area contributed by atoms with Gasteiger partial charge in [-0.1, -0.05) is 30.3 Å². The van der Waals surface area contributed by atoms with Crippen molar-refractivity contribution in [1.82, 2.24) is 0 Å². The van der Waals surface area contributed by atoms with Crippen molar-refractivity contribution in [1.29, 1.82) is 0 Å². The minimum Gasteiger partial charge on any atom is -0.308 e. The number of ketones is 1. The fraction of sp³-hybridized carbons (Fsp3) is 0.588.